The third kappa shape index (κ3) is 4.97. The minimum absolute atomic E-state index is 0.121. The molecular weight excluding hydrogens is 230 g/mol. The monoisotopic (exact) mass is 249 g/mol. The first-order valence-electron chi connectivity index (χ1n) is 5.94. The van der Waals surface area contributed by atoms with E-state index in [1.54, 1.807) is 24.3 Å². The number of hydrogen-bond acceptors (Lipinski definition) is 3. The molecule has 0 heterocycles. The van der Waals surface area contributed by atoms with Gasteiger partial charge in [0.1, 0.15) is 0 Å². The van der Waals surface area contributed by atoms with Crippen molar-refractivity contribution in [1.29, 1.82) is 0 Å². The third-order valence-electron chi connectivity index (χ3n) is 2.44. The molecule has 5 nitrogen and oxygen atoms in total. The van der Waals surface area contributed by atoms with Crippen molar-refractivity contribution >= 4 is 23.2 Å². The number of nitrogens with one attached hydrogen (secondary N) is 2. The van der Waals surface area contributed by atoms with E-state index in [4.69, 9.17) is 5.73 Å². The van der Waals surface area contributed by atoms with Gasteiger partial charge in [-0.3, -0.25) is 9.59 Å². The van der Waals surface area contributed by atoms with Gasteiger partial charge in [-0.25, -0.2) is 0 Å². The van der Waals surface area contributed by atoms with Crippen LogP contribution in [0, 0.1) is 0 Å². The van der Waals surface area contributed by atoms with Crippen molar-refractivity contribution < 1.29 is 9.59 Å². The van der Waals surface area contributed by atoms with Crippen molar-refractivity contribution in [3.05, 3.63) is 24.3 Å². The standard InChI is InChI=1S/C13H19N3O2/c1-3-10(14)7-13(18)16-12-6-4-5-11(8-12)15-9(2)17/h4-6,8,10H,3,7,14H2,1-2H3,(H,15,17)(H,16,18). The van der Waals surface area contributed by atoms with Gasteiger partial charge < -0.3 is 16.4 Å². The van der Waals surface area contributed by atoms with Crippen LogP contribution in [-0.4, -0.2) is 17.9 Å². The molecule has 0 aliphatic heterocycles. The normalized spacial score (nSPS) is 11.7. The Morgan fingerprint density at radius 2 is 1.89 bits per heavy atom. The highest BCUT2D eigenvalue weighted by Gasteiger charge is 2.08. The van der Waals surface area contributed by atoms with Gasteiger partial charge in [0.25, 0.3) is 0 Å². The third-order valence-corrected chi connectivity index (χ3v) is 2.44. The lowest BCUT2D eigenvalue weighted by molar-refractivity contribution is -0.116. The number of nitrogens with two attached hydrogens (primary N) is 1. The second-order valence-corrected chi connectivity index (χ2v) is 4.18. The summed E-state index contributed by atoms with van der Waals surface area (Å²) in [5.41, 5.74) is 7.01. The summed E-state index contributed by atoms with van der Waals surface area (Å²) >= 11 is 0. The smallest absolute Gasteiger partial charge is 0.225 e. The summed E-state index contributed by atoms with van der Waals surface area (Å²) in [5, 5.41) is 5.41. The predicted molar refractivity (Wildman–Crippen MR) is 72.3 cm³/mol. The molecule has 0 aliphatic rings. The van der Waals surface area contributed by atoms with Gasteiger partial charge in [0.2, 0.25) is 11.8 Å². The zero-order chi connectivity index (χ0) is 13.5. The fourth-order valence-corrected chi connectivity index (χ4v) is 1.47. The molecule has 0 radical (unpaired) electrons. The molecule has 0 bridgehead atoms. The molecule has 0 saturated heterocycles. The lowest BCUT2D eigenvalue weighted by Gasteiger charge is -2.10. The summed E-state index contributed by atoms with van der Waals surface area (Å²) in [6.07, 6.45) is 1.06. The molecule has 0 spiro atoms. The van der Waals surface area contributed by atoms with Crippen molar-refractivity contribution in [3.8, 4) is 0 Å². The van der Waals surface area contributed by atoms with Gasteiger partial charge in [-0.15, -0.1) is 0 Å². The zero-order valence-electron chi connectivity index (χ0n) is 10.7. The average Bonchev–Trinajstić information content (AvgIpc) is 2.28. The van der Waals surface area contributed by atoms with Gasteiger partial charge in [0, 0.05) is 30.8 Å². The van der Waals surface area contributed by atoms with E-state index < -0.39 is 0 Å². The highest BCUT2D eigenvalue weighted by atomic mass is 16.2. The molecule has 2 amide bonds. The van der Waals surface area contributed by atoms with E-state index in [-0.39, 0.29) is 17.9 Å². The van der Waals surface area contributed by atoms with Gasteiger partial charge in [-0.05, 0) is 24.6 Å². The second-order valence-electron chi connectivity index (χ2n) is 4.18. The number of anilines is 2. The van der Waals surface area contributed by atoms with Crippen LogP contribution in [0.2, 0.25) is 0 Å². The largest absolute Gasteiger partial charge is 0.327 e. The Morgan fingerprint density at radius 3 is 2.44 bits per heavy atom. The number of carbonyl (C=O) groups excluding carboxylic acids is 2. The molecule has 1 rings (SSSR count). The maximum atomic E-state index is 11.6. The molecule has 0 aromatic heterocycles. The Bertz CT molecular complexity index is 432. The van der Waals surface area contributed by atoms with Crippen LogP contribution in [-0.2, 0) is 9.59 Å². The highest BCUT2D eigenvalue weighted by Crippen LogP contribution is 2.15. The van der Waals surface area contributed by atoms with Crippen LogP contribution < -0.4 is 16.4 Å². The first kappa shape index (κ1) is 14.2. The molecule has 18 heavy (non-hydrogen) atoms. The molecule has 4 N–H and O–H groups in total. The van der Waals surface area contributed by atoms with Gasteiger partial charge in [-0.1, -0.05) is 13.0 Å². The van der Waals surface area contributed by atoms with Crippen LogP contribution >= 0.6 is 0 Å². The molecule has 5 heteroatoms. The van der Waals surface area contributed by atoms with Gasteiger partial charge in [0.15, 0.2) is 0 Å². The second kappa shape index (κ2) is 6.76. The number of rotatable bonds is 5. The summed E-state index contributed by atoms with van der Waals surface area (Å²) in [6.45, 7) is 3.38. The van der Waals surface area contributed by atoms with Crippen LogP contribution in [0.5, 0.6) is 0 Å². The van der Waals surface area contributed by atoms with Crippen molar-refractivity contribution in [3.63, 3.8) is 0 Å². The average molecular weight is 249 g/mol. The summed E-state index contributed by atoms with van der Waals surface area (Å²) in [5.74, 6) is -0.268. The Morgan fingerprint density at radius 1 is 1.28 bits per heavy atom. The summed E-state index contributed by atoms with van der Waals surface area (Å²) in [6, 6.07) is 6.87. The topological polar surface area (TPSA) is 84.2 Å². The molecule has 1 atom stereocenters. The number of carbonyl (C=O) groups is 2. The van der Waals surface area contributed by atoms with Crippen LogP contribution in [0.1, 0.15) is 26.7 Å². The number of benzene rings is 1. The fourth-order valence-electron chi connectivity index (χ4n) is 1.47. The SMILES string of the molecule is CCC(N)CC(=O)Nc1cccc(NC(C)=O)c1. The van der Waals surface area contributed by atoms with Crippen LogP contribution in [0.15, 0.2) is 24.3 Å². The van der Waals surface area contributed by atoms with Crippen molar-refractivity contribution in [2.24, 2.45) is 5.73 Å². The van der Waals surface area contributed by atoms with E-state index in [1.165, 1.54) is 6.92 Å². The molecular formula is C13H19N3O2. The van der Waals surface area contributed by atoms with Gasteiger partial charge in [-0.2, -0.15) is 0 Å². The first-order valence-corrected chi connectivity index (χ1v) is 5.94. The van der Waals surface area contributed by atoms with Crippen molar-refractivity contribution in [2.75, 3.05) is 10.6 Å². The van der Waals surface area contributed by atoms with E-state index in [0.717, 1.165) is 6.42 Å². The number of amides is 2. The van der Waals surface area contributed by atoms with Crippen LogP contribution in [0.25, 0.3) is 0 Å². The van der Waals surface area contributed by atoms with Crippen molar-refractivity contribution in [1.82, 2.24) is 0 Å². The number of hydrogen-bond donors (Lipinski definition) is 3. The minimum atomic E-state index is -0.147. The first-order chi connectivity index (χ1) is 8.51. The van der Waals surface area contributed by atoms with E-state index >= 15 is 0 Å². The van der Waals surface area contributed by atoms with E-state index in [0.29, 0.717) is 17.8 Å². The van der Waals surface area contributed by atoms with Gasteiger partial charge >= 0.3 is 0 Å². The Balaban J connectivity index is 2.61. The Kier molecular flexibility index (Phi) is 5.32. The van der Waals surface area contributed by atoms with Crippen LogP contribution in [0.4, 0.5) is 11.4 Å². The maximum Gasteiger partial charge on any atom is 0.225 e. The predicted octanol–water partition coefficient (Wildman–Crippen LogP) is 1.71. The van der Waals surface area contributed by atoms with Crippen molar-refractivity contribution in [2.45, 2.75) is 32.7 Å². The zero-order valence-corrected chi connectivity index (χ0v) is 10.7. The quantitative estimate of drug-likeness (QED) is 0.742. The molecule has 98 valence electrons. The lowest BCUT2D eigenvalue weighted by Crippen LogP contribution is -2.26. The summed E-state index contributed by atoms with van der Waals surface area (Å²) in [4.78, 5) is 22.6. The molecule has 0 saturated carbocycles. The molecule has 0 fully saturated rings. The highest BCUT2D eigenvalue weighted by molar-refractivity contribution is 5.93. The molecule has 1 unspecified atom stereocenters. The molecule has 1 aromatic carbocycles. The van der Waals surface area contributed by atoms with Crippen LogP contribution in [0.3, 0.4) is 0 Å². The fraction of sp³-hybridized carbons (Fsp3) is 0.385. The molecule has 1 aromatic rings. The summed E-state index contributed by atoms with van der Waals surface area (Å²) in [7, 11) is 0. The lowest BCUT2D eigenvalue weighted by atomic mass is 10.1. The van der Waals surface area contributed by atoms with E-state index in [9.17, 15) is 9.59 Å². The van der Waals surface area contributed by atoms with E-state index in [2.05, 4.69) is 10.6 Å². The van der Waals surface area contributed by atoms with E-state index in [1.807, 2.05) is 6.92 Å². The Hall–Kier alpha value is -1.88. The van der Waals surface area contributed by atoms with Gasteiger partial charge in [0.05, 0.1) is 0 Å². The Labute approximate surface area is 107 Å². The maximum absolute atomic E-state index is 11.6. The minimum Gasteiger partial charge on any atom is -0.327 e. The summed E-state index contributed by atoms with van der Waals surface area (Å²) < 4.78 is 0. The molecule has 0 aliphatic carbocycles.